The molecule has 0 saturated carbocycles. The molecule has 28 nitrogen and oxygen atoms in total. The van der Waals surface area contributed by atoms with E-state index >= 15 is 0 Å². The summed E-state index contributed by atoms with van der Waals surface area (Å²) in [5.41, 5.74) is 0. The lowest BCUT2D eigenvalue weighted by Gasteiger charge is -2.21. The Morgan fingerprint density at radius 2 is 0.877 bits per heavy atom. The van der Waals surface area contributed by atoms with Gasteiger partial charge in [0.2, 0.25) is 15.9 Å². The first-order valence-corrected chi connectivity index (χ1v) is 29.0. The molecule has 0 aromatic rings. The number of amides is 1. The summed E-state index contributed by atoms with van der Waals surface area (Å²) in [6.07, 6.45) is 1.67. The van der Waals surface area contributed by atoms with Crippen molar-refractivity contribution in [1.29, 1.82) is 0 Å². The van der Waals surface area contributed by atoms with Crippen molar-refractivity contribution in [2.75, 3.05) is 134 Å². The fourth-order valence-electron chi connectivity index (χ4n) is 5.54. The van der Waals surface area contributed by atoms with Gasteiger partial charge in [-0.3, -0.25) is 19.2 Å². The van der Waals surface area contributed by atoms with Gasteiger partial charge in [0.05, 0.1) is 90.5 Å². The van der Waals surface area contributed by atoms with E-state index in [0.29, 0.717) is 97.7 Å². The number of aliphatic carboxylic acids is 1. The number of carboxylic acids is 1. The Bertz CT molecular complexity index is 1530. The van der Waals surface area contributed by atoms with E-state index < -0.39 is 53.1 Å². The Morgan fingerprint density at radius 3 is 1.23 bits per heavy atom. The number of aliphatic hydroxyl groups excluding tert-OH is 6. The van der Waals surface area contributed by atoms with Crippen LogP contribution in [0.15, 0.2) is 12.0 Å². The highest BCUT2D eigenvalue weighted by Crippen LogP contribution is 2.09. The van der Waals surface area contributed by atoms with Crippen LogP contribution in [0.3, 0.4) is 0 Å². The lowest BCUT2D eigenvalue weighted by atomic mass is 10.2. The molecule has 0 fully saturated rings. The largest absolute Gasteiger partial charge is 0.481 e. The van der Waals surface area contributed by atoms with Gasteiger partial charge in [0.25, 0.3) is 0 Å². The molecule has 0 radical (unpaired) electrons. The SMILES string of the molecule is C=CS(=O)(=O)NCCCOCCOCCOCCCNC(=O)CCCC(=O)OCC(OC)OC(CC)CO.CCC(CO)OC(CO)OC.CCC(CO)OC(COC(=O)CCCC(=O)O)OC.CCCOC(CO)OC(CC)CO. The predicted octanol–water partition coefficient (Wildman–Crippen LogP) is 1.27. The summed E-state index contributed by atoms with van der Waals surface area (Å²) < 4.78 is 92.0. The second-order valence-corrected chi connectivity index (χ2v) is 18.7. The molecule has 8 unspecified atom stereocenters. The number of carbonyl (C=O) groups is 4. The van der Waals surface area contributed by atoms with Crippen molar-refractivity contribution >= 4 is 33.8 Å². The maximum absolute atomic E-state index is 11.9. The molecule has 0 heterocycles. The number of sulfonamides is 1. The maximum atomic E-state index is 11.9. The van der Waals surface area contributed by atoms with E-state index in [0.717, 1.165) is 11.8 Å². The number of hydrogen-bond acceptors (Lipinski definition) is 25. The quantitative estimate of drug-likeness (QED) is 0.0235. The van der Waals surface area contributed by atoms with Crippen molar-refractivity contribution in [1.82, 2.24) is 10.0 Å². The Morgan fingerprint density at radius 1 is 0.494 bits per heavy atom. The van der Waals surface area contributed by atoms with Crippen molar-refractivity contribution < 1.29 is 125 Å². The van der Waals surface area contributed by atoms with Crippen LogP contribution < -0.4 is 10.0 Å². The fourth-order valence-corrected chi connectivity index (χ4v) is 6.09. The molecule has 9 N–H and O–H groups in total. The zero-order valence-electron chi connectivity index (χ0n) is 49.4. The third-order valence-electron chi connectivity index (χ3n) is 10.4. The van der Waals surface area contributed by atoms with Crippen LogP contribution in [0.4, 0.5) is 0 Å². The van der Waals surface area contributed by atoms with E-state index in [2.05, 4.69) is 16.6 Å². The van der Waals surface area contributed by atoms with Crippen LogP contribution in [0, 0.1) is 0 Å². The Labute approximate surface area is 480 Å². The van der Waals surface area contributed by atoms with Crippen molar-refractivity contribution in [3.8, 4) is 0 Å². The molecule has 0 rings (SSSR count). The average molecular weight is 1210 g/mol. The summed E-state index contributed by atoms with van der Waals surface area (Å²) in [5.74, 6) is -2.04. The first kappa shape index (κ1) is 84.3. The van der Waals surface area contributed by atoms with E-state index in [1.54, 1.807) is 0 Å². The van der Waals surface area contributed by atoms with E-state index in [1.807, 2.05) is 34.6 Å². The molecule has 0 aliphatic heterocycles. The summed E-state index contributed by atoms with van der Waals surface area (Å²) in [6, 6.07) is 0. The summed E-state index contributed by atoms with van der Waals surface area (Å²) in [6.45, 7) is 15.7. The number of nitrogens with one attached hydrogen (secondary N) is 2. The normalized spacial score (nSPS) is 14.1. The molecule has 29 heteroatoms. The van der Waals surface area contributed by atoms with Crippen molar-refractivity contribution in [3.05, 3.63) is 12.0 Å². The third-order valence-corrected chi connectivity index (χ3v) is 11.5. The van der Waals surface area contributed by atoms with Gasteiger partial charge in [0.1, 0.15) is 13.2 Å². The molecule has 0 bridgehead atoms. The van der Waals surface area contributed by atoms with Crippen LogP contribution in [-0.2, 0) is 90.8 Å². The zero-order chi connectivity index (χ0) is 62.0. The smallest absolute Gasteiger partial charge is 0.305 e. The van der Waals surface area contributed by atoms with Crippen LogP contribution in [0.1, 0.15) is 118 Å². The molecule has 0 aliphatic rings. The number of esters is 2. The first-order chi connectivity index (χ1) is 38.9. The molecule has 8 atom stereocenters. The summed E-state index contributed by atoms with van der Waals surface area (Å²) in [7, 11) is 0.903. The third kappa shape index (κ3) is 57.1. The van der Waals surface area contributed by atoms with Gasteiger partial charge in [-0.15, -0.1) is 0 Å². The maximum Gasteiger partial charge on any atom is 0.305 e. The van der Waals surface area contributed by atoms with Gasteiger partial charge in [0.15, 0.2) is 25.2 Å². The van der Waals surface area contributed by atoms with Gasteiger partial charge < -0.3 is 103 Å². The minimum absolute atomic E-state index is 0.0392. The van der Waals surface area contributed by atoms with Crippen LogP contribution in [0.25, 0.3) is 0 Å². The van der Waals surface area contributed by atoms with E-state index in [1.165, 1.54) is 21.3 Å². The standard InChI is InChI=1S/C24H46N2O11S.C12H22O7.C9H20O4.C7H16O4/c1-4-21(19-27)37-24(32-3)20-36-23(29)10-6-9-22(28)25-11-7-13-33-15-17-35-18-16-34-14-8-12-26-38(30,31)5-2;1-3-9(7-13)19-12(17-2)8-18-11(16)6-4-5-10(14)15;1-3-5-12-9(7-11)13-8(4-2)6-10;1-3-6(4-8)11-7(5-9)10-2/h5,21,24,26-27H,2,4,6-20H2,1,3H3,(H,25,28);9,12-13H,3-8H2,1-2H3,(H,14,15);8-11H,3-7H2,1-2H3;6-9H,3-5H2,1-2H3. The van der Waals surface area contributed by atoms with E-state index in [-0.39, 0.29) is 122 Å². The van der Waals surface area contributed by atoms with Crippen LogP contribution in [0.2, 0.25) is 0 Å². The second kappa shape index (κ2) is 61.4. The van der Waals surface area contributed by atoms with Gasteiger partial charge in [-0.2, -0.15) is 0 Å². The molecular weight excluding hydrogens is 1100 g/mol. The number of methoxy groups -OCH3 is 3. The molecule has 0 saturated heterocycles. The van der Waals surface area contributed by atoms with Crippen molar-refractivity contribution in [2.45, 2.75) is 168 Å². The van der Waals surface area contributed by atoms with Gasteiger partial charge in [-0.1, -0.05) is 41.2 Å². The minimum atomic E-state index is -3.38. The van der Waals surface area contributed by atoms with Crippen LogP contribution in [0.5, 0.6) is 0 Å². The second-order valence-electron chi connectivity index (χ2n) is 17.0. The molecule has 1 amide bonds. The summed E-state index contributed by atoms with van der Waals surface area (Å²) >= 11 is 0. The number of rotatable bonds is 52. The van der Waals surface area contributed by atoms with E-state index in [9.17, 15) is 27.6 Å². The number of ether oxygens (including phenoxy) is 13. The molecule has 0 spiro atoms. The average Bonchev–Trinajstić information content (AvgIpc) is 3.47. The number of carboxylic acid groups (broad SMARTS) is 1. The Kier molecular flexibility index (Phi) is 63.9. The molecule has 81 heavy (non-hydrogen) atoms. The van der Waals surface area contributed by atoms with Gasteiger partial charge in [-0.05, 0) is 57.8 Å². The summed E-state index contributed by atoms with van der Waals surface area (Å²) in [4.78, 5) is 45.3. The van der Waals surface area contributed by atoms with Crippen LogP contribution >= 0.6 is 0 Å². The molecular formula is C52H104N2O26S. The number of aliphatic hydroxyl groups is 6. The molecule has 0 aromatic heterocycles. The Balaban J connectivity index is -0.000000566. The zero-order valence-corrected chi connectivity index (χ0v) is 50.2. The molecule has 484 valence electrons. The number of hydrogen-bond donors (Lipinski definition) is 9. The highest BCUT2D eigenvalue weighted by atomic mass is 32.2. The van der Waals surface area contributed by atoms with Gasteiger partial charge in [-0.25, -0.2) is 13.1 Å². The van der Waals surface area contributed by atoms with Crippen molar-refractivity contribution in [3.63, 3.8) is 0 Å². The molecule has 0 aromatic carbocycles. The first-order valence-electron chi connectivity index (χ1n) is 27.5. The van der Waals surface area contributed by atoms with Crippen LogP contribution in [-0.4, -0.2) is 251 Å². The highest BCUT2D eigenvalue weighted by Gasteiger charge is 2.19. The topological polar surface area (TPSA) is 388 Å². The lowest BCUT2D eigenvalue weighted by molar-refractivity contribution is -0.194. The molecule has 0 aliphatic carbocycles. The minimum Gasteiger partial charge on any atom is -0.481 e. The lowest BCUT2D eigenvalue weighted by Crippen LogP contribution is -2.30. The van der Waals surface area contributed by atoms with E-state index in [4.69, 9.17) is 97.3 Å². The monoisotopic (exact) mass is 1200 g/mol. The Hall–Kier alpha value is -3.15. The highest BCUT2D eigenvalue weighted by molar-refractivity contribution is 7.92. The summed E-state index contributed by atoms with van der Waals surface area (Å²) in [5, 5.41) is 65.2. The van der Waals surface area contributed by atoms with Crippen molar-refractivity contribution in [2.24, 2.45) is 0 Å². The number of carbonyl (C=O) groups excluding carboxylic acids is 3. The fraction of sp³-hybridized carbons (Fsp3) is 0.885. The van der Waals surface area contributed by atoms with Gasteiger partial charge in [0, 0.05) is 85.3 Å². The predicted molar refractivity (Wildman–Crippen MR) is 295 cm³/mol. The van der Waals surface area contributed by atoms with Gasteiger partial charge >= 0.3 is 17.9 Å².